The molecule has 5 nitrogen and oxygen atoms in total. The van der Waals surface area contributed by atoms with Gasteiger partial charge in [-0.25, -0.2) is 0 Å². The molecule has 1 amide bonds. The third-order valence-corrected chi connectivity index (χ3v) is 5.26. The maximum atomic E-state index is 12.8. The molecule has 2 aromatic rings. The number of carbonyl (C=O) groups is 1. The topological polar surface area (TPSA) is 68.3 Å². The number of pyridine rings is 1. The molecular formula is C18H18ClN3O2. The Morgan fingerprint density at radius 3 is 2.58 bits per heavy atom. The Kier molecular flexibility index (Phi) is 3.61. The molecule has 6 heteroatoms. The van der Waals surface area contributed by atoms with Crippen LogP contribution >= 0.6 is 11.6 Å². The number of benzene rings is 1. The molecule has 2 unspecified atom stereocenters. The second-order valence-corrected chi connectivity index (χ2v) is 7.08. The zero-order valence-electron chi connectivity index (χ0n) is 13.1. The first-order chi connectivity index (χ1) is 11.5. The van der Waals surface area contributed by atoms with E-state index in [0.717, 1.165) is 12.1 Å². The lowest BCUT2D eigenvalue weighted by Gasteiger charge is -2.42. The van der Waals surface area contributed by atoms with Gasteiger partial charge in [-0.2, -0.15) is 0 Å². The van der Waals surface area contributed by atoms with Gasteiger partial charge in [0.05, 0.1) is 5.69 Å². The molecule has 0 radical (unpaired) electrons. The molecule has 1 aromatic carbocycles. The number of carbonyl (C=O) groups excluding carboxylic acids is 1. The van der Waals surface area contributed by atoms with Crippen LogP contribution in [0.1, 0.15) is 28.4 Å². The van der Waals surface area contributed by atoms with Crippen molar-refractivity contribution in [3.05, 3.63) is 63.0 Å². The molecule has 2 aliphatic rings. The molecule has 1 aromatic heterocycles. The molecule has 2 N–H and O–H groups in total. The van der Waals surface area contributed by atoms with Crippen molar-refractivity contribution in [2.75, 3.05) is 18.8 Å². The first-order valence-electron chi connectivity index (χ1n) is 8.07. The van der Waals surface area contributed by atoms with Crippen LogP contribution in [0.3, 0.4) is 0 Å². The number of piperidine rings is 1. The number of nitrogen functional groups attached to an aromatic ring is 1. The highest BCUT2D eigenvalue weighted by Crippen LogP contribution is 2.35. The Balaban J connectivity index is 1.63. The van der Waals surface area contributed by atoms with Crippen molar-refractivity contribution >= 4 is 23.2 Å². The molecule has 2 aliphatic heterocycles. The van der Waals surface area contributed by atoms with Crippen LogP contribution in [0.25, 0.3) is 0 Å². The summed E-state index contributed by atoms with van der Waals surface area (Å²) in [4.78, 5) is 26.9. The van der Waals surface area contributed by atoms with Crippen molar-refractivity contribution in [3.63, 3.8) is 0 Å². The molecule has 1 fully saturated rings. The summed E-state index contributed by atoms with van der Waals surface area (Å²) in [6, 6.07) is 10.6. The summed E-state index contributed by atoms with van der Waals surface area (Å²) >= 11 is 5.90. The fraction of sp³-hybridized carbons (Fsp3) is 0.333. The number of aromatic nitrogens is 1. The van der Waals surface area contributed by atoms with E-state index < -0.39 is 0 Å². The van der Waals surface area contributed by atoms with Gasteiger partial charge in [-0.1, -0.05) is 11.6 Å². The van der Waals surface area contributed by atoms with Gasteiger partial charge in [-0.3, -0.25) is 9.59 Å². The summed E-state index contributed by atoms with van der Waals surface area (Å²) in [6.07, 6.45) is 1.01. The highest BCUT2D eigenvalue weighted by atomic mass is 35.5. The summed E-state index contributed by atoms with van der Waals surface area (Å²) in [7, 11) is 0. The fourth-order valence-corrected chi connectivity index (χ4v) is 4.03. The Morgan fingerprint density at radius 1 is 1.08 bits per heavy atom. The largest absolute Gasteiger partial charge is 0.394 e. The molecule has 3 heterocycles. The van der Waals surface area contributed by atoms with Gasteiger partial charge in [0.2, 0.25) is 0 Å². The smallest absolute Gasteiger partial charge is 0.273 e. The van der Waals surface area contributed by atoms with Crippen LogP contribution < -0.4 is 11.3 Å². The van der Waals surface area contributed by atoms with Crippen molar-refractivity contribution in [1.29, 1.82) is 0 Å². The Morgan fingerprint density at radius 2 is 1.83 bits per heavy atom. The molecule has 2 atom stereocenters. The molecule has 2 bridgehead atoms. The van der Waals surface area contributed by atoms with Gasteiger partial charge >= 0.3 is 0 Å². The standard InChI is InChI=1S/C18H18ClN3O2/c19-14-3-1-12(2-4-14)17(23)21-8-11-7-13(10-21)16-6-5-15(20)18(24)22(16)9-11/h1-6,11,13H,7-10,20H2. The van der Waals surface area contributed by atoms with Crippen molar-refractivity contribution < 1.29 is 4.79 Å². The van der Waals surface area contributed by atoms with Crippen LogP contribution in [0, 0.1) is 5.92 Å². The number of amides is 1. The Bertz CT molecular complexity index is 860. The number of halogens is 1. The summed E-state index contributed by atoms with van der Waals surface area (Å²) in [6.45, 7) is 1.92. The fourth-order valence-electron chi connectivity index (χ4n) is 3.90. The predicted octanol–water partition coefficient (Wildman–Crippen LogP) is 2.34. The average Bonchev–Trinajstić information content (AvgIpc) is 2.58. The van der Waals surface area contributed by atoms with E-state index in [9.17, 15) is 9.59 Å². The summed E-state index contributed by atoms with van der Waals surface area (Å²) in [5, 5.41) is 0.618. The molecule has 0 aliphatic carbocycles. The van der Waals surface area contributed by atoms with Crippen LogP contribution in [-0.2, 0) is 6.54 Å². The Hall–Kier alpha value is -2.27. The third-order valence-electron chi connectivity index (χ3n) is 5.01. The van der Waals surface area contributed by atoms with Gasteiger partial charge in [-0.05, 0) is 48.7 Å². The maximum absolute atomic E-state index is 12.8. The van der Waals surface area contributed by atoms with Gasteiger partial charge in [-0.15, -0.1) is 0 Å². The molecule has 4 rings (SSSR count). The number of hydrogen-bond acceptors (Lipinski definition) is 3. The van der Waals surface area contributed by atoms with E-state index in [0.29, 0.717) is 30.2 Å². The molecule has 1 saturated heterocycles. The minimum absolute atomic E-state index is 0.0209. The molecule has 124 valence electrons. The van der Waals surface area contributed by atoms with Crippen molar-refractivity contribution in [1.82, 2.24) is 9.47 Å². The second kappa shape index (κ2) is 5.67. The summed E-state index contributed by atoms with van der Waals surface area (Å²) < 4.78 is 1.79. The van der Waals surface area contributed by atoms with E-state index in [-0.39, 0.29) is 29.0 Å². The van der Waals surface area contributed by atoms with Gasteiger partial charge in [0.15, 0.2) is 0 Å². The van der Waals surface area contributed by atoms with Gasteiger partial charge in [0.25, 0.3) is 11.5 Å². The SMILES string of the molecule is Nc1ccc2n(c1=O)CC1CC2CN(C(=O)c2ccc(Cl)cc2)C1. The number of likely N-dealkylation sites (tertiary alicyclic amines) is 1. The third kappa shape index (κ3) is 2.49. The molecule has 24 heavy (non-hydrogen) atoms. The van der Waals surface area contributed by atoms with Crippen LogP contribution in [0.5, 0.6) is 0 Å². The van der Waals surface area contributed by atoms with Gasteiger partial charge in [0.1, 0.15) is 0 Å². The van der Waals surface area contributed by atoms with Crippen LogP contribution in [0.2, 0.25) is 5.02 Å². The Labute approximate surface area is 144 Å². The van der Waals surface area contributed by atoms with E-state index in [2.05, 4.69) is 0 Å². The second-order valence-electron chi connectivity index (χ2n) is 6.64. The number of nitrogens with zero attached hydrogens (tertiary/aromatic N) is 2. The molecular weight excluding hydrogens is 326 g/mol. The first kappa shape index (κ1) is 15.3. The monoisotopic (exact) mass is 343 g/mol. The quantitative estimate of drug-likeness (QED) is 0.864. The zero-order valence-corrected chi connectivity index (χ0v) is 13.9. The predicted molar refractivity (Wildman–Crippen MR) is 93.3 cm³/mol. The number of nitrogens with two attached hydrogens (primary N) is 1. The lowest BCUT2D eigenvalue weighted by atomic mass is 9.83. The van der Waals surface area contributed by atoms with E-state index in [1.807, 2.05) is 11.0 Å². The van der Waals surface area contributed by atoms with Crippen molar-refractivity contribution in [2.24, 2.45) is 5.92 Å². The highest BCUT2D eigenvalue weighted by molar-refractivity contribution is 6.30. The number of anilines is 1. The first-order valence-corrected chi connectivity index (χ1v) is 8.45. The van der Waals surface area contributed by atoms with Crippen LogP contribution in [0.4, 0.5) is 5.69 Å². The lowest BCUT2D eigenvalue weighted by Crippen LogP contribution is -2.49. The van der Waals surface area contributed by atoms with Crippen LogP contribution in [0.15, 0.2) is 41.2 Å². The van der Waals surface area contributed by atoms with Gasteiger partial charge < -0.3 is 15.2 Å². The summed E-state index contributed by atoms with van der Waals surface area (Å²) in [5.41, 5.74) is 7.56. The number of hydrogen-bond donors (Lipinski definition) is 1. The van der Waals surface area contributed by atoms with E-state index in [4.69, 9.17) is 17.3 Å². The van der Waals surface area contributed by atoms with E-state index in [1.54, 1.807) is 34.9 Å². The lowest BCUT2D eigenvalue weighted by molar-refractivity contribution is 0.0594. The van der Waals surface area contributed by atoms with Crippen LogP contribution in [-0.4, -0.2) is 28.5 Å². The molecule has 0 saturated carbocycles. The normalized spacial score (nSPS) is 22.1. The number of fused-ring (bicyclic) bond motifs is 4. The maximum Gasteiger partial charge on any atom is 0.273 e. The van der Waals surface area contributed by atoms with Gasteiger partial charge in [0, 0.05) is 41.8 Å². The molecule has 0 spiro atoms. The zero-order chi connectivity index (χ0) is 16.8. The minimum atomic E-state index is -0.111. The summed E-state index contributed by atoms with van der Waals surface area (Å²) in [5.74, 6) is 0.488. The van der Waals surface area contributed by atoms with Crippen molar-refractivity contribution in [2.45, 2.75) is 18.9 Å². The minimum Gasteiger partial charge on any atom is -0.394 e. The highest BCUT2D eigenvalue weighted by Gasteiger charge is 2.36. The van der Waals surface area contributed by atoms with Crippen molar-refractivity contribution in [3.8, 4) is 0 Å². The average molecular weight is 344 g/mol. The van der Waals surface area contributed by atoms with E-state index >= 15 is 0 Å². The number of rotatable bonds is 1. The van der Waals surface area contributed by atoms with E-state index in [1.165, 1.54) is 0 Å².